The first-order valence-electron chi connectivity index (χ1n) is 6.23. The van der Waals surface area contributed by atoms with Crippen LogP contribution in [0.15, 0.2) is 18.3 Å². The first-order valence-corrected chi connectivity index (χ1v) is 6.23. The van der Waals surface area contributed by atoms with Crippen molar-refractivity contribution in [3.8, 4) is 0 Å². The summed E-state index contributed by atoms with van der Waals surface area (Å²) in [6, 6.07) is 3.57. The molecule has 6 heteroatoms. The van der Waals surface area contributed by atoms with Gasteiger partial charge < -0.3 is 15.4 Å². The predicted molar refractivity (Wildman–Crippen MR) is 71.7 cm³/mol. The normalized spacial score (nSPS) is 10.0. The number of hydrogen-bond donors (Lipinski definition) is 2. The second-order valence-electron chi connectivity index (χ2n) is 3.93. The molecule has 1 heterocycles. The summed E-state index contributed by atoms with van der Waals surface area (Å²) in [6.45, 7) is 5.34. The Morgan fingerprint density at radius 2 is 2.16 bits per heavy atom. The van der Waals surface area contributed by atoms with Crippen molar-refractivity contribution in [2.45, 2.75) is 20.3 Å². The number of amides is 2. The molecule has 2 N–H and O–H groups in total. The molecule has 1 aromatic heterocycles. The van der Waals surface area contributed by atoms with Crippen LogP contribution in [0.4, 0.5) is 5.82 Å². The van der Waals surface area contributed by atoms with E-state index in [2.05, 4.69) is 15.6 Å². The van der Waals surface area contributed by atoms with E-state index in [1.165, 1.54) is 0 Å². The van der Waals surface area contributed by atoms with Crippen molar-refractivity contribution in [1.29, 1.82) is 0 Å². The fraction of sp³-hybridized carbons (Fsp3) is 0.462. The van der Waals surface area contributed by atoms with Gasteiger partial charge in [-0.25, -0.2) is 4.98 Å². The number of anilines is 1. The predicted octanol–water partition coefficient (Wildman–Crippen LogP) is 0.871. The Hall–Kier alpha value is -1.95. The molecule has 2 amide bonds. The van der Waals surface area contributed by atoms with E-state index in [1.54, 1.807) is 12.3 Å². The molecule has 0 radical (unpaired) electrons. The van der Waals surface area contributed by atoms with Crippen molar-refractivity contribution in [2.24, 2.45) is 0 Å². The Bertz CT molecular complexity index is 435. The largest absolute Gasteiger partial charge is 0.382 e. The minimum Gasteiger partial charge on any atom is -0.382 e. The number of ether oxygens (including phenoxy) is 1. The van der Waals surface area contributed by atoms with Crippen LogP contribution < -0.4 is 10.6 Å². The molecule has 6 nitrogen and oxygen atoms in total. The SMILES string of the molecule is CCOCCCNC(=O)C(=O)Nc1ncccc1C. The van der Waals surface area contributed by atoms with Crippen LogP contribution in [0.2, 0.25) is 0 Å². The summed E-state index contributed by atoms with van der Waals surface area (Å²) in [4.78, 5) is 27.1. The zero-order valence-corrected chi connectivity index (χ0v) is 11.2. The maximum Gasteiger partial charge on any atom is 0.314 e. The highest BCUT2D eigenvalue weighted by Gasteiger charge is 2.14. The van der Waals surface area contributed by atoms with Crippen molar-refractivity contribution in [3.05, 3.63) is 23.9 Å². The molecule has 0 aromatic carbocycles. The minimum absolute atomic E-state index is 0.400. The molecule has 0 bridgehead atoms. The average molecular weight is 265 g/mol. The Kier molecular flexibility index (Phi) is 6.52. The highest BCUT2D eigenvalue weighted by atomic mass is 16.5. The van der Waals surface area contributed by atoms with E-state index in [9.17, 15) is 9.59 Å². The van der Waals surface area contributed by atoms with Crippen LogP contribution in [-0.2, 0) is 14.3 Å². The van der Waals surface area contributed by atoms with Gasteiger partial charge in [0.05, 0.1) is 0 Å². The molecule has 0 fully saturated rings. The maximum absolute atomic E-state index is 11.6. The van der Waals surface area contributed by atoms with Gasteiger partial charge in [0.25, 0.3) is 0 Å². The fourth-order valence-corrected chi connectivity index (χ4v) is 1.38. The summed E-state index contributed by atoms with van der Waals surface area (Å²) in [5, 5.41) is 4.99. The summed E-state index contributed by atoms with van der Waals surface area (Å²) < 4.78 is 5.13. The molecule has 0 aliphatic carbocycles. The zero-order chi connectivity index (χ0) is 14.1. The molecule has 1 aromatic rings. The number of aromatic nitrogens is 1. The third-order valence-electron chi connectivity index (χ3n) is 2.40. The smallest absolute Gasteiger partial charge is 0.314 e. The quantitative estimate of drug-likeness (QED) is 0.591. The van der Waals surface area contributed by atoms with Crippen LogP contribution in [0.5, 0.6) is 0 Å². The van der Waals surface area contributed by atoms with Crippen LogP contribution >= 0.6 is 0 Å². The number of aryl methyl sites for hydroxylation is 1. The average Bonchev–Trinajstić information content (AvgIpc) is 2.41. The van der Waals surface area contributed by atoms with Crippen molar-refractivity contribution in [3.63, 3.8) is 0 Å². The molecular formula is C13H19N3O3. The first kappa shape index (κ1) is 15.1. The molecule has 0 unspecified atom stereocenters. The number of nitrogens with one attached hydrogen (secondary N) is 2. The van der Waals surface area contributed by atoms with Gasteiger partial charge in [-0.1, -0.05) is 6.07 Å². The lowest BCUT2D eigenvalue weighted by Gasteiger charge is -2.07. The van der Waals surface area contributed by atoms with Gasteiger partial charge in [-0.3, -0.25) is 9.59 Å². The third kappa shape index (κ3) is 5.48. The number of carbonyl (C=O) groups is 2. The highest BCUT2D eigenvalue weighted by molar-refractivity contribution is 6.39. The van der Waals surface area contributed by atoms with Gasteiger partial charge in [0.2, 0.25) is 0 Å². The van der Waals surface area contributed by atoms with Crippen molar-refractivity contribution >= 4 is 17.6 Å². The van der Waals surface area contributed by atoms with E-state index in [1.807, 2.05) is 19.9 Å². The Labute approximate surface area is 112 Å². The molecular weight excluding hydrogens is 246 g/mol. The van der Waals surface area contributed by atoms with Gasteiger partial charge in [-0.15, -0.1) is 0 Å². The van der Waals surface area contributed by atoms with Crippen LogP contribution in [0.25, 0.3) is 0 Å². The summed E-state index contributed by atoms with van der Waals surface area (Å²) in [5.41, 5.74) is 0.806. The molecule has 0 saturated heterocycles. The minimum atomic E-state index is -0.710. The molecule has 0 aliphatic heterocycles. The summed E-state index contributed by atoms with van der Waals surface area (Å²) in [7, 11) is 0. The van der Waals surface area contributed by atoms with Gasteiger partial charge in [-0.2, -0.15) is 0 Å². The van der Waals surface area contributed by atoms with E-state index >= 15 is 0 Å². The molecule has 0 saturated carbocycles. The van der Waals surface area contributed by atoms with Crippen LogP contribution in [0, 0.1) is 6.92 Å². The fourth-order valence-electron chi connectivity index (χ4n) is 1.38. The zero-order valence-electron chi connectivity index (χ0n) is 11.2. The van der Waals surface area contributed by atoms with Crippen LogP contribution in [0.3, 0.4) is 0 Å². The Morgan fingerprint density at radius 3 is 2.84 bits per heavy atom. The number of pyridine rings is 1. The lowest BCUT2D eigenvalue weighted by molar-refractivity contribution is -0.136. The summed E-state index contributed by atoms with van der Waals surface area (Å²) in [6.07, 6.45) is 2.23. The van der Waals surface area contributed by atoms with Gasteiger partial charge in [0, 0.05) is 26.0 Å². The molecule has 0 aliphatic rings. The molecule has 0 atom stereocenters. The van der Waals surface area contributed by atoms with E-state index in [0.29, 0.717) is 32.0 Å². The second kappa shape index (κ2) is 8.20. The third-order valence-corrected chi connectivity index (χ3v) is 2.40. The van der Waals surface area contributed by atoms with Crippen LogP contribution in [0.1, 0.15) is 18.9 Å². The topological polar surface area (TPSA) is 80.3 Å². The number of carbonyl (C=O) groups excluding carboxylic acids is 2. The van der Waals surface area contributed by atoms with Crippen molar-refractivity contribution in [1.82, 2.24) is 10.3 Å². The van der Waals surface area contributed by atoms with Crippen LogP contribution in [-0.4, -0.2) is 36.6 Å². The van der Waals surface area contributed by atoms with E-state index in [4.69, 9.17) is 4.74 Å². The number of rotatable bonds is 6. The summed E-state index contributed by atoms with van der Waals surface area (Å²) >= 11 is 0. The Balaban J connectivity index is 2.33. The monoisotopic (exact) mass is 265 g/mol. The highest BCUT2D eigenvalue weighted by Crippen LogP contribution is 2.08. The lowest BCUT2D eigenvalue weighted by atomic mass is 10.3. The number of nitrogens with zero attached hydrogens (tertiary/aromatic N) is 1. The van der Waals surface area contributed by atoms with Gasteiger partial charge >= 0.3 is 11.8 Å². The van der Waals surface area contributed by atoms with E-state index in [-0.39, 0.29) is 0 Å². The lowest BCUT2D eigenvalue weighted by Crippen LogP contribution is -2.36. The van der Waals surface area contributed by atoms with E-state index in [0.717, 1.165) is 5.56 Å². The van der Waals surface area contributed by atoms with Crippen molar-refractivity contribution < 1.29 is 14.3 Å². The second-order valence-corrected chi connectivity index (χ2v) is 3.93. The van der Waals surface area contributed by atoms with E-state index < -0.39 is 11.8 Å². The number of hydrogen-bond acceptors (Lipinski definition) is 4. The van der Waals surface area contributed by atoms with Crippen molar-refractivity contribution in [2.75, 3.05) is 25.1 Å². The molecule has 19 heavy (non-hydrogen) atoms. The molecule has 0 spiro atoms. The summed E-state index contributed by atoms with van der Waals surface area (Å²) in [5.74, 6) is -0.975. The molecule has 104 valence electrons. The standard InChI is InChI=1S/C13H19N3O3/c1-3-19-9-5-8-15-12(17)13(18)16-11-10(2)6-4-7-14-11/h4,6-7H,3,5,8-9H2,1-2H3,(H,15,17)(H,14,16,18). The van der Waals surface area contributed by atoms with Gasteiger partial charge in [0.1, 0.15) is 5.82 Å². The molecule has 1 rings (SSSR count). The Morgan fingerprint density at radius 1 is 1.37 bits per heavy atom. The maximum atomic E-state index is 11.6. The van der Waals surface area contributed by atoms with Gasteiger partial charge in [-0.05, 0) is 31.9 Å². The first-order chi connectivity index (χ1) is 9.15. The van der Waals surface area contributed by atoms with Gasteiger partial charge in [0.15, 0.2) is 0 Å².